The second kappa shape index (κ2) is 8.73. The highest BCUT2D eigenvalue weighted by Gasteiger charge is 2.09. The summed E-state index contributed by atoms with van der Waals surface area (Å²) in [6.45, 7) is 1.96. The van der Waals surface area contributed by atoms with Crippen LogP contribution < -0.4 is 14.8 Å². The van der Waals surface area contributed by atoms with Crippen LogP contribution in [0.25, 0.3) is 0 Å². The predicted octanol–water partition coefficient (Wildman–Crippen LogP) is 3.59. The van der Waals surface area contributed by atoms with Gasteiger partial charge in [0.15, 0.2) is 4.34 Å². The second-order valence-electron chi connectivity index (χ2n) is 4.68. The molecule has 2 rings (SSSR count). The van der Waals surface area contributed by atoms with E-state index >= 15 is 0 Å². The molecule has 0 spiro atoms. The van der Waals surface area contributed by atoms with Crippen LogP contribution in [0, 0.1) is 0 Å². The van der Waals surface area contributed by atoms with E-state index in [0.29, 0.717) is 17.3 Å². The van der Waals surface area contributed by atoms with E-state index in [1.165, 1.54) is 11.3 Å². The molecule has 1 amide bonds. The number of hydrogen-bond acceptors (Lipinski definition) is 7. The summed E-state index contributed by atoms with van der Waals surface area (Å²) in [7, 11) is 3.25. The third kappa shape index (κ3) is 5.40. The Morgan fingerprint density at radius 2 is 1.91 bits per heavy atom. The fourth-order valence-corrected chi connectivity index (χ4v) is 3.52. The molecule has 8 heteroatoms. The fourth-order valence-electron chi connectivity index (χ4n) is 1.82. The smallest absolute Gasteiger partial charge is 0.226 e. The van der Waals surface area contributed by atoms with Crippen LogP contribution in [0.1, 0.15) is 25.3 Å². The van der Waals surface area contributed by atoms with Crippen molar-refractivity contribution in [1.82, 2.24) is 10.2 Å². The molecular weight excluding hydrogens is 334 g/mol. The zero-order valence-corrected chi connectivity index (χ0v) is 14.9. The molecule has 0 fully saturated rings. The van der Waals surface area contributed by atoms with Crippen molar-refractivity contribution in [3.05, 3.63) is 23.8 Å². The van der Waals surface area contributed by atoms with Gasteiger partial charge in [-0.1, -0.05) is 30.0 Å². The maximum Gasteiger partial charge on any atom is 0.226 e. The lowest BCUT2D eigenvalue weighted by Crippen LogP contribution is -2.10. The molecule has 0 saturated heterocycles. The molecule has 1 heterocycles. The Labute approximate surface area is 143 Å². The lowest BCUT2D eigenvalue weighted by Gasteiger charge is -2.07. The van der Waals surface area contributed by atoms with E-state index in [9.17, 15) is 4.79 Å². The van der Waals surface area contributed by atoms with Crippen molar-refractivity contribution in [3.8, 4) is 11.5 Å². The van der Waals surface area contributed by atoms with E-state index in [2.05, 4.69) is 15.5 Å². The van der Waals surface area contributed by atoms with Gasteiger partial charge in [-0.15, -0.1) is 10.2 Å². The zero-order chi connectivity index (χ0) is 16.7. The first-order valence-electron chi connectivity index (χ1n) is 7.12. The molecule has 0 radical (unpaired) electrons. The molecule has 124 valence electrons. The number of nitrogens with one attached hydrogen (secondary N) is 1. The summed E-state index contributed by atoms with van der Waals surface area (Å²) in [5, 5.41) is 11.4. The third-order valence-electron chi connectivity index (χ3n) is 2.90. The van der Waals surface area contributed by atoms with Crippen molar-refractivity contribution in [1.29, 1.82) is 0 Å². The number of ether oxygens (including phenoxy) is 2. The van der Waals surface area contributed by atoms with Crippen molar-refractivity contribution >= 4 is 34.1 Å². The van der Waals surface area contributed by atoms with E-state index in [-0.39, 0.29) is 5.91 Å². The fraction of sp³-hybridized carbons (Fsp3) is 0.400. The number of thioether (sulfide) groups is 1. The molecule has 0 aliphatic carbocycles. The van der Waals surface area contributed by atoms with E-state index < -0.39 is 0 Å². The van der Waals surface area contributed by atoms with Crippen LogP contribution in [0.5, 0.6) is 11.5 Å². The Morgan fingerprint density at radius 3 is 2.52 bits per heavy atom. The average Bonchev–Trinajstić information content (AvgIpc) is 3.00. The lowest BCUT2D eigenvalue weighted by molar-refractivity contribution is -0.116. The zero-order valence-electron chi connectivity index (χ0n) is 13.3. The van der Waals surface area contributed by atoms with Crippen LogP contribution in [-0.2, 0) is 10.5 Å². The Balaban J connectivity index is 1.96. The molecule has 1 N–H and O–H groups in total. The minimum Gasteiger partial charge on any atom is -0.497 e. The lowest BCUT2D eigenvalue weighted by atomic mass is 10.2. The summed E-state index contributed by atoms with van der Waals surface area (Å²) in [4.78, 5) is 11.5. The monoisotopic (exact) mass is 353 g/mol. The van der Waals surface area contributed by atoms with Gasteiger partial charge in [0, 0.05) is 18.2 Å². The van der Waals surface area contributed by atoms with Gasteiger partial charge >= 0.3 is 0 Å². The maximum atomic E-state index is 11.5. The highest BCUT2D eigenvalue weighted by molar-refractivity contribution is 8.00. The van der Waals surface area contributed by atoms with Crippen LogP contribution in [0.3, 0.4) is 0 Å². The maximum absolute atomic E-state index is 11.5. The number of aromatic nitrogens is 2. The van der Waals surface area contributed by atoms with E-state index in [1.54, 1.807) is 26.0 Å². The number of anilines is 1. The summed E-state index contributed by atoms with van der Waals surface area (Å²) in [6.07, 6.45) is 1.30. The summed E-state index contributed by atoms with van der Waals surface area (Å²) in [5.41, 5.74) is 1.07. The molecule has 2 aromatic rings. The Kier molecular flexibility index (Phi) is 6.66. The van der Waals surface area contributed by atoms with E-state index in [0.717, 1.165) is 27.8 Å². The molecular formula is C15H19N3O3S2. The third-order valence-corrected chi connectivity index (χ3v) is 4.95. The van der Waals surface area contributed by atoms with E-state index in [4.69, 9.17) is 9.47 Å². The number of carbonyl (C=O) groups excluding carboxylic acids is 1. The van der Waals surface area contributed by atoms with Crippen molar-refractivity contribution in [2.24, 2.45) is 0 Å². The van der Waals surface area contributed by atoms with Gasteiger partial charge in [-0.3, -0.25) is 4.79 Å². The molecule has 6 nitrogen and oxygen atoms in total. The number of nitrogens with zero attached hydrogens (tertiary/aromatic N) is 2. The van der Waals surface area contributed by atoms with Gasteiger partial charge in [0.05, 0.1) is 14.2 Å². The van der Waals surface area contributed by atoms with Crippen molar-refractivity contribution in [3.63, 3.8) is 0 Å². The number of benzene rings is 1. The second-order valence-corrected chi connectivity index (χ2v) is 6.88. The molecule has 0 bridgehead atoms. The van der Waals surface area contributed by atoms with Crippen molar-refractivity contribution < 1.29 is 14.3 Å². The van der Waals surface area contributed by atoms with Crippen LogP contribution in [0.15, 0.2) is 22.5 Å². The first-order valence-corrected chi connectivity index (χ1v) is 8.93. The first kappa shape index (κ1) is 17.6. The Hall–Kier alpha value is -1.80. The van der Waals surface area contributed by atoms with Crippen molar-refractivity contribution in [2.75, 3.05) is 19.5 Å². The van der Waals surface area contributed by atoms with Crippen molar-refractivity contribution in [2.45, 2.75) is 29.9 Å². The quantitative estimate of drug-likeness (QED) is 0.577. The molecule has 0 unspecified atom stereocenters. The normalized spacial score (nSPS) is 10.4. The summed E-state index contributed by atoms with van der Waals surface area (Å²) in [5.74, 6) is 2.19. The molecule has 0 aliphatic heterocycles. The van der Waals surface area contributed by atoms with Gasteiger partial charge in [0.25, 0.3) is 0 Å². The Morgan fingerprint density at radius 1 is 1.22 bits per heavy atom. The first-order chi connectivity index (χ1) is 11.1. The van der Waals surface area contributed by atoms with Crippen LogP contribution in [0.2, 0.25) is 0 Å². The summed E-state index contributed by atoms with van der Waals surface area (Å²) in [6, 6.07) is 5.75. The molecule has 0 atom stereocenters. The van der Waals surface area contributed by atoms with Gasteiger partial charge in [-0.2, -0.15) is 0 Å². The topological polar surface area (TPSA) is 73.3 Å². The van der Waals surface area contributed by atoms with Gasteiger partial charge < -0.3 is 14.8 Å². The number of methoxy groups -OCH3 is 2. The number of rotatable bonds is 8. The van der Waals surface area contributed by atoms with E-state index in [1.807, 2.05) is 25.1 Å². The van der Waals surface area contributed by atoms with Crippen LogP contribution in [0.4, 0.5) is 5.13 Å². The number of carbonyl (C=O) groups is 1. The van der Waals surface area contributed by atoms with Gasteiger partial charge in [-0.05, 0) is 24.1 Å². The van der Waals surface area contributed by atoms with Gasteiger partial charge in [0.2, 0.25) is 11.0 Å². The largest absolute Gasteiger partial charge is 0.497 e. The summed E-state index contributed by atoms with van der Waals surface area (Å²) < 4.78 is 11.3. The molecule has 0 aliphatic rings. The van der Waals surface area contributed by atoms with Gasteiger partial charge in [-0.25, -0.2) is 0 Å². The average molecular weight is 353 g/mol. The predicted molar refractivity (Wildman–Crippen MR) is 92.6 cm³/mol. The SMILES string of the molecule is CCCC(=O)Nc1nnc(SCc2cc(OC)cc(OC)c2)s1. The standard InChI is InChI=1S/C15H19N3O3S2/c1-4-5-13(19)16-14-17-18-15(23-14)22-9-10-6-11(20-2)8-12(7-10)21-3/h6-8H,4-5,9H2,1-3H3,(H,16,17,19). The highest BCUT2D eigenvalue weighted by atomic mass is 32.2. The molecule has 1 aromatic carbocycles. The molecule has 1 aromatic heterocycles. The van der Waals surface area contributed by atoms with Crippen LogP contribution >= 0.6 is 23.1 Å². The number of hydrogen-bond donors (Lipinski definition) is 1. The highest BCUT2D eigenvalue weighted by Crippen LogP contribution is 2.31. The number of amides is 1. The van der Waals surface area contributed by atoms with Gasteiger partial charge in [0.1, 0.15) is 11.5 Å². The Bertz CT molecular complexity index is 639. The minimum atomic E-state index is -0.0299. The molecule has 23 heavy (non-hydrogen) atoms. The summed E-state index contributed by atoms with van der Waals surface area (Å²) >= 11 is 2.93. The van der Waals surface area contributed by atoms with Crippen LogP contribution in [-0.4, -0.2) is 30.3 Å². The minimum absolute atomic E-state index is 0.0299. The molecule has 0 saturated carbocycles.